The van der Waals surface area contributed by atoms with Crippen molar-refractivity contribution in [2.24, 2.45) is 12.0 Å². The van der Waals surface area contributed by atoms with E-state index in [0.29, 0.717) is 13.1 Å². The van der Waals surface area contributed by atoms with E-state index in [0.717, 1.165) is 49.5 Å². The lowest BCUT2D eigenvalue weighted by Gasteiger charge is -2.37. The van der Waals surface area contributed by atoms with Crippen LogP contribution in [0.4, 0.5) is 10.1 Å². The monoisotopic (exact) mass is 499 g/mol. The van der Waals surface area contributed by atoms with Gasteiger partial charge in [-0.05, 0) is 31.2 Å². The molecule has 2 heterocycles. The molecule has 0 radical (unpaired) electrons. The van der Waals surface area contributed by atoms with E-state index in [9.17, 15) is 4.39 Å². The van der Waals surface area contributed by atoms with E-state index in [1.807, 2.05) is 36.7 Å². The molecular weight excluding hydrogens is 472 g/mol. The Labute approximate surface area is 182 Å². The van der Waals surface area contributed by atoms with Crippen LogP contribution in [0.25, 0.3) is 0 Å². The Morgan fingerprint density at radius 1 is 1.21 bits per heavy atom. The van der Waals surface area contributed by atoms with Gasteiger partial charge < -0.3 is 19.7 Å². The van der Waals surface area contributed by atoms with Crippen molar-refractivity contribution in [2.45, 2.75) is 13.5 Å². The zero-order valence-electron chi connectivity index (χ0n) is 16.3. The summed E-state index contributed by atoms with van der Waals surface area (Å²) in [7, 11) is 1.94. The summed E-state index contributed by atoms with van der Waals surface area (Å²) in [4.78, 5) is 9.22. The Morgan fingerprint density at radius 2 is 1.89 bits per heavy atom. The first-order valence-electron chi connectivity index (χ1n) is 9.08. The Hall–Kier alpha value is -2.17. The Balaban J connectivity index is 0.00000280. The SMILES string of the molecule is C=CCNC(=NCc1nnc(C)n1C)N1CCN(c2ccc(F)cc2)CC1.I. The van der Waals surface area contributed by atoms with Crippen molar-refractivity contribution >= 4 is 35.6 Å². The van der Waals surface area contributed by atoms with Crippen molar-refractivity contribution in [3.05, 3.63) is 54.4 Å². The normalized spacial score (nSPS) is 14.6. The van der Waals surface area contributed by atoms with Gasteiger partial charge in [0, 0.05) is 45.5 Å². The maximum absolute atomic E-state index is 13.1. The molecule has 0 amide bonds. The van der Waals surface area contributed by atoms with Crippen molar-refractivity contribution < 1.29 is 4.39 Å². The number of piperazine rings is 1. The smallest absolute Gasteiger partial charge is 0.194 e. The van der Waals surface area contributed by atoms with E-state index >= 15 is 0 Å². The van der Waals surface area contributed by atoms with Gasteiger partial charge in [-0.2, -0.15) is 0 Å². The van der Waals surface area contributed by atoms with Gasteiger partial charge in [0.1, 0.15) is 18.2 Å². The average Bonchev–Trinajstić information content (AvgIpc) is 3.01. The first-order valence-corrected chi connectivity index (χ1v) is 9.08. The van der Waals surface area contributed by atoms with Crippen LogP contribution in [0, 0.1) is 12.7 Å². The molecule has 0 aliphatic carbocycles. The Kier molecular flexibility index (Phi) is 8.21. The van der Waals surface area contributed by atoms with E-state index in [1.54, 1.807) is 0 Å². The third kappa shape index (κ3) is 5.43. The minimum absolute atomic E-state index is 0. The number of aryl methyl sites for hydroxylation is 1. The number of benzene rings is 1. The third-order valence-electron chi connectivity index (χ3n) is 4.73. The van der Waals surface area contributed by atoms with E-state index < -0.39 is 0 Å². The van der Waals surface area contributed by atoms with Gasteiger partial charge in [0.05, 0.1) is 0 Å². The number of rotatable bonds is 5. The van der Waals surface area contributed by atoms with Crippen LogP contribution < -0.4 is 10.2 Å². The largest absolute Gasteiger partial charge is 0.368 e. The Bertz CT molecular complexity index is 795. The topological polar surface area (TPSA) is 61.6 Å². The predicted octanol–water partition coefficient (Wildman–Crippen LogP) is 2.33. The summed E-state index contributed by atoms with van der Waals surface area (Å²) in [6.07, 6.45) is 1.82. The summed E-state index contributed by atoms with van der Waals surface area (Å²) >= 11 is 0. The highest BCUT2D eigenvalue weighted by Crippen LogP contribution is 2.17. The number of nitrogens with zero attached hydrogens (tertiary/aromatic N) is 6. The van der Waals surface area contributed by atoms with Crippen LogP contribution in [0.1, 0.15) is 11.6 Å². The zero-order valence-corrected chi connectivity index (χ0v) is 18.6. The summed E-state index contributed by atoms with van der Waals surface area (Å²) in [5.74, 6) is 2.33. The third-order valence-corrected chi connectivity index (χ3v) is 4.73. The van der Waals surface area contributed by atoms with Crippen molar-refractivity contribution in [2.75, 3.05) is 37.6 Å². The number of aliphatic imine (C=N–C) groups is 1. The molecule has 1 aromatic carbocycles. The molecule has 7 nitrogen and oxygen atoms in total. The zero-order chi connectivity index (χ0) is 19.2. The van der Waals surface area contributed by atoms with Crippen LogP contribution in [-0.2, 0) is 13.6 Å². The summed E-state index contributed by atoms with van der Waals surface area (Å²) in [5.41, 5.74) is 1.04. The van der Waals surface area contributed by atoms with Crippen molar-refractivity contribution in [3.63, 3.8) is 0 Å². The first kappa shape index (κ1) is 22.1. The molecule has 0 spiro atoms. The van der Waals surface area contributed by atoms with Gasteiger partial charge >= 0.3 is 0 Å². The van der Waals surface area contributed by atoms with Crippen LogP contribution >= 0.6 is 24.0 Å². The summed E-state index contributed by atoms with van der Waals surface area (Å²) < 4.78 is 15.1. The van der Waals surface area contributed by atoms with Gasteiger partial charge in [-0.25, -0.2) is 9.38 Å². The van der Waals surface area contributed by atoms with Crippen molar-refractivity contribution in [3.8, 4) is 0 Å². The van der Waals surface area contributed by atoms with Gasteiger partial charge in [0.15, 0.2) is 11.8 Å². The lowest BCUT2D eigenvalue weighted by molar-refractivity contribution is 0.373. The molecule has 3 rings (SSSR count). The molecule has 1 N–H and O–H groups in total. The van der Waals surface area contributed by atoms with Gasteiger partial charge in [0.25, 0.3) is 0 Å². The average molecular weight is 499 g/mol. The number of hydrogen-bond donors (Lipinski definition) is 1. The summed E-state index contributed by atoms with van der Waals surface area (Å²) in [6, 6.07) is 6.66. The van der Waals surface area contributed by atoms with Gasteiger partial charge in [-0.15, -0.1) is 40.8 Å². The molecule has 1 aliphatic heterocycles. The maximum Gasteiger partial charge on any atom is 0.194 e. The molecule has 0 atom stereocenters. The van der Waals surface area contributed by atoms with Crippen LogP contribution in [0.15, 0.2) is 41.9 Å². The second-order valence-electron chi connectivity index (χ2n) is 6.48. The molecule has 1 saturated heterocycles. The quantitative estimate of drug-likeness (QED) is 0.296. The highest BCUT2D eigenvalue weighted by molar-refractivity contribution is 14.0. The molecule has 2 aromatic rings. The predicted molar refractivity (Wildman–Crippen MR) is 121 cm³/mol. The molecule has 0 bridgehead atoms. The minimum atomic E-state index is -0.209. The molecule has 0 unspecified atom stereocenters. The number of nitrogens with one attached hydrogen (secondary N) is 1. The lowest BCUT2D eigenvalue weighted by atomic mass is 10.2. The Morgan fingerprint density at radius 3 is 2.46 bits per heavy atom. The first-order chi connectivity index (χ1) is 13.1. The fourth-order valence-electron chi connectivity index (χ4n) is 2.99. The summed E-state index contributed by atoms with van der Waals surface area (Å²) in [6.45, 7) is 10.2. The van der Waals surface area contributed by atoms with Gasteiger partial charge in [-0.1, -0.05) is 6.08 Å². The van der Waals surface area contributed by atoms with Crippen LogP contribution in [0.3, 0.4) is 0 Å². The highest BCUT2D eigenvalue weighted by atomic mass is 127. The second-order valence-corrected chi connectivity index (χ2v) is 6.48. The van der Waals surface area contributed by atoms with Crippen LogP contribution in [0.5, 0.6) is 0 Å². The number of hydrogen-bond acceptors (Lipinski definition) is 4. The fraction of sp³-hybridized carbons (Fsp3) is 0.421. The number of halogens is 2. The number of aromatic nitrogens is 3. The van der Waals surface area contributed by atoms with E-state index in [1.165, 1.54) is 12.1 Å². The lowest BCUT2D eigenvalue weighted by Crippen LogP contribution is -2.52. The molecule has 9 heteroatoms. The molecule has 1 aliphatic rings. The minimum Gasteiger partial charge on any atom is -0.368 e. The van der Waals surface area contributed by atoms with Crippen molar-refractivity contribution in [1.82, 2.24) is 25.0 Å². The number of guanidine groups is 1. The van der Waals surface area contributed by atoms with Crippen LogP contribution in [-0.4, -0.2) is 58.3 Å². The van der Waals surface area contributed by atoms with Crippen molar-refractivity contribution in [1.29, 1.82) is 0 Å². The molecule has 28 heavy (non-hydrogen) atoms. The molecule has 152 valence electrons. The van der Waals surface area contributed by atoms with E-state index in [4.69, 9.17) is 4.99 Å². The van der Waals surface area contributed by atoms with E-state index in [2.05, 4.69) is 31.9 Å². The van der Waals surface area contributed by atoms with Gasteiger partial charge in [-0.3, -0.25) is 0 Å². The molecule has 1 aromatic heterocycles. The molecule has 0 saturated carbocycles. The van der Waals surface area contributed by atoms with Gasteiger partial charge in [0.2, 0.25) is 0 Å². The highest BCUT2D eigenvalue weighted by Gasteiger charge is 2.20. The maximum atomic E-state index is 13.1. The molecule has 1 fully saturated rings. The number of anilines is 1. The summed E-state index contributed by atoms with van der Waals surface area (Å²) in [5, 5.41) is 11.6. The standard InChI is InChI=1S/C19H26FN7.HI/c1-4-9-21-19(22-14-18-24-23-15(2)25(18)3)27-12-10-26(11-13-27)17-7-5-16(20)6-8-17;/h4-8H,1,9-14H2,2-3H3,(H,21,22);1H. The van der Waals surface area contributed by atoms with Crippen LogP contribution in [0.2, 0.25) is 0 Å². The second kappa shape index (κ2) is 10.4. The van der Waals surface area contributed by atoms with E-state index in [-0.39, 0.29) is 29.8 Å². The fourth-order valence-corrected chi connectivity index (χ4v) is 2.99. The molecular formula is C19H27FIN7.